The van der Waals surface area contributed by atoms with E-state index >= 15 is 0 Å². The molecule has 0 amide bonds. The summed E-state index contributed by atoms with van der Waals surface area (Å²) < 4.78 is 19.0. The Morgan fingerprint density at radius 2 is 2.17 bits per heavy atom. The molecule has 1 saturated heterocycles. The van der Waals surface area contributed by atoms with Gasteiger partial charge in [-0.3, -0.25) is 0 Å². The summed E-state index contributed by atoms with van der Waals surface area (Å²) in [4.78, 5) is 0. The molecule has 100 valence electrons. The van der Waals surface area contributed by atoms with Crippen LogP contribution in [0.25, 0.3) is 0 Å². The minimum Gasteiger partial charge on any atom is -0.379 e. The predicted molar refractivity (Wildman–Crippen MR) is 68.7 cm³/mol. The molecule has 1 heterocycles. The molecule has 0 aromatic heterocycles. The van der Waals surface area contributed by atoms with E-state index in [-0.39, 0.29) is 11.9 Å². The number of nitrogens with two attached hydrogens (primary N) is 1. The van der Waals surface area contributed by atoms with Crippen molar-refractivity contribution in [3.8, 4) is 0 Å². The average molecular weight is 274 g/mol. The highest BCUT2D eigenvalue weighted by atomic mass is 35.5. The summed E-state index contributed by atoms with van der Waals surface area (Å²) in [6.07, 6.45) is 0. The predicted octanol–water partition coefficient (Wildman–Crippen LogP) is 1.32. The third kappa shape index (κ3) is 3.40. The van der Waals surface area contributed by atoms with Crippen LogP contribution in [0.3, 0.4) is 0 Å². The maximum absolute atomic E-state index is 13.8. The van der Waals surface area contributed by atoms with Gasteiger partial charge in [0, 0.05) is 30.2 Å². The lowest BCUT2D eigenvalue weighted by atomic mass is 10.1. The summed E-state index contributed by atoms with van der Waals surface area (Å²) in [6.45, 7) is 3.16. The topological polar surface area (TPSA) is 50.5 Å². The second-order valence-electron chi connectivity index (χ2n) is 4.18. The van der Waals surface area contributed by atoms with Crippen molar-refractivity contribution in [2.24, 2.45) is 5.73 Å². The molecule has 3 N–H and O–H groups in total. The molecule has 1 fully saturated rings. The molecule has 0 radical (unpaired) electrons. The van der Waals surface area contributed by atoms with Crippen molar-refractivity contribution in [2.75, 3.05) is 32.8 Å². The molecule has 1 aromatic rings. The van der Waals surface area contributed by atoms with Crippen LogP contribution in [0.1, 0.15) is 11.6 Å². The van der Waals surface area contributed by atoms with Crippen molar-refractivity contribution < 1.29 is 9.13 Å². The molecule has 0 saturated carbocycles. The van der Waals surface area contributed by atoms with E-state index < -0.39 is 0 Å². The SMILES string of the molecule is NCC(NN1CCOCC1)c1cc(Cl)ccc1F. The molecule has 2 rings (SSSR count). The fourth-order valence-electron chi connectivity index (χ4n) is 1.94. The smallest absolute Gasteiger partial charge is 0.128 e. The summed E-state index contributed by atoms with van der Waals surface area (Å²) in [7, 11) is 0. The highest BCUT2D eigenvalue weighted by molar-refractivity contribution is 6.30. The van der Waals surface area contributed by atoms with Crippen molar-refractivity contribution in [1.82, 2.24) is 10.4 Å². The monoisotopic (exact) mass is 273 g/mol. The second kappa shape index (κ2) is 6.45. The van der Waals surface area contributed by atoms with Gasteiger partial charge in [0.1, 0.15) is 5.82 Å². The Balaban J connectivity index is 2.09. The Bertz CT molecular complexity index is 399. The van der Waals surface area contributed by atoms with Gasteiger partial charge in [0.05, 0.1) is 19.3 Å². The van der Waals surface area contributed by atoms with Crippen molar-refractivity contribution >= 4 is 11.6 Å². The average Bonchev–Trinajstić information content (AvgIpc) is 2.40. The number of nitrogens with one attached hydrogen (secondary N) is 1. The van der Waals surface area contributed by atoms with Crippen molar-refractivity contribution in [2.45, 2.75) is 6.04 Å². The Hall–Kier alpha value is -0.720. The lowest BCUT2D eigenvalue weighted by molar-refractivity contribution is 0.00379. The van der Waals surface area contributed by atoms with Crippen LogP contribution in [-0.2, 0) is 4.74 Å². The first-order valence-electron chi connectivity index (χ1n) is 5.94. The number of nitrogens with zero attached hydrogens (tertiary/aromatic N) is 1. The van der Waals surface area contributed by atoms with E-state index in [4.69, 9.17) is 22.1 Å². The van der Waals surface area contributed by atoms with Gasteiger partial charge in [0.15, 0.2) is 0 Å². The first-order chi connectivity index (χ1) is 8.70. The van der Waals surface area contributed by atoms with Crippen molar-refractivity contribution in [3.63, 3.8) is 0 Å². The molecular formula is C12H17ClFN3O. The maximum atomic E-state index is 13.8. The quantitative estimate of drug-likeness (QED) is 0.869. The first kappa shape index (κ1) is 13.7. The molecule has 6 heteroatoms. The summed E-state index contributed by atoms with van der Waals surface area (Å²) in [6, 6.07) is 4.23. The van der Waals surface area contributed by atoms with E-state index in [1.165, 1.54) is 12.1 Å². The Labute approximate surface area is 111 Å². The van der Waals surface area contributed by atoms with E-state index in [1.807, 2.05) is 5.01 Å². The summed E-state index contributed by atoms with van der Waals surface area (Å²) in [5, 5.41) is 2.51. The number of benzene rings is 1. The van der Waals surface area contributed by atoms with Gasteiger partial charge in [0.2, 0.25) is 0 Å². The summed E-state index contributed by atoms with van der Waals surface area (Å²) in [5.74, 6) is -0.296. The number of morpholine rings is 1. The molecule has 18 heavy (non-hydrogen) atoms. The molecule has 1 unspecified atom stereocenters. The van der Waals surface area contributed by atoms with Crippen molar-refractivity contribution in [3.05, 3.63) is 34.6 Å². The summed E-state index contributed by atoms with van der Waals surface area (Å²) >= 11 is 5.89. The van der Waals surface area contributed by atoms with E-state index in [9.17, 15) is 4.39 Å². The Morgan fingerprint density at radius 3 is 2.83 bits per heavy atom. The third-order valence-corrected chi connectivity index (χ3v) is 3.15. The molecule has 0 spiro atoms. The largest absolute Gasteiger partial charge is 0.379 e. The number of rotatable bonds is 4. The van der Waals surface area contributed by atoms with E-state index in [2.05, 4.69) is 5.43 Å². The molecular weight excluding hydrogens is 257 g/mol. The number of hydrogen-bond acceptors (Lipinski definition) is 4. The normalized spacial score (nSPS) is 18.8. The fourth-order valence-corrected chi connectivity index (χ4v) is 2.12. The van der Waals surface area contributed by atoms with Gasteiger partial charge in [-0.05, 0) is 18.2 Å². The zero-order valence-corrected chi connectivity index (χ0v) is 10.8. The lowest BCUT2D eigenvalue weighted by Crippen LogP contribution is -2.48. The zero-order valence-electron chi connectivity index (χ0n) is 10.0. The number of ether oxygens (including phenoxy) is 1. The Morgan fingerprint density at radius 1 is 1.44 bits per heavy atom. The van der Waals surface area contributed by atoms with E-state index in [0.717, 1.165) is 13.1 Å². The van der Waals surface area contributed by atoms with E-state index in [1.54, 1.807) is 6.07 Å². The highest BCUT2D eigenvalue weighted by Crippen LogP contribution is 2.21. The van der Waals surface area contributed by atoms with Crippen molar-refractivity contribution in [1.29, 1.82) is 0 Å². The number of hydrogen-bond donors (Lipinski definition) is 2. The third-order valence-electron chi connectivity index (χ3n) is 2.92. The molecule has 4 nitrogen and oxygen atoms in total. The molecule has 0 bridgehead atoms. The van der Waals surface area contributed by atoms with Crippen LogP contribution in [0.5, 0.6) is 0 Å². The molecule has 1 aliphatic heterocycles. The van der Waals surface area contributed by atoms with Gasteiger partial charge in [-0.2, -0.15) is 0 Å². The summed E-state index contributed by atoms with van der Waals surface area (Å²) in [5.41, 5.74) is 9.43. The fraction of sp³-hybridized carbons (Fsp3) is 0.500. The van der Waals surface area contributed by atoms with Crippen LogP contribution >= 0.6 is 11.6 Å². The number of halogens is 2. The standard InChI is InChI=1S/C12H17ClFN3O/c13-9-1-2-11(14)10(7-9)12(8-15)16-17-3-5-18-6-4-17/h1-2,7,12,16H,3-6,8,15H2. The van der Waals surface area contributed by atoms with Gasteiger partial charge in [-0.25, -0.2) is 14.8 Å². The zero-order chi connectivity index (χ0) is 13.0. The van der Waals surface area contributed by atoms with Gasteiger partial charge < -0.3 is 10.5 Å². The second-order valence-corrected chi connectivity index (χ2v) is 4.62. The van der Waals surface area contributed by atoms with Gasteiger partial charge in [-0.1, -0.05) is 11.6 Å². The van der Waals surface area contributed by atoms with Gasteiger partial charge in [0.25, 0.3) is 0 Å². The lowest BCUT2D eigenvalue weighted by Gasteiger charge is -2.31. The minimum atomic E-state index is -0.296. The minimum absolute atomic E-state index is 0.276. The Kier molecular flexibility index (Phi) is 4.91. The van der Waals surface area contributed by atoms with Gasteiger partial charge in [-0.15, -0.1) is 0 Å². The van der Waals surface area contributed by atoms with Crippen LogP contribution in [0.15, 0.2) is 18.2 Å². The van der Waals surface area contributed by atoms with Crippen LogP contribution < -0.4 is 11.2 Å². The highest BCUT2D eigenvalue weighted by Gasteiger charge is 2.19. The molecule has 1 aromatic carbocycles. The van der Waals surface area contributed by atoms with E-state index in [0.29, 0.717) is 30.3 Å². The molecule has 0 aliphatic carbocycles. The first-order valence-corrected chi connectivity index (χ1v) is 6.32. The van der Waals surface area contributed by atoms with Gasteiger partial charge >= 0.3 is 0 Å². The molecule has 1 atom stereocenters. The van der Waals surface area contributed by atoms with Crippen LogP contribution in [0, 0.1) is 5.82 Å². The van der Waals surface area contributed by atoms with Crippen LogP contribution in [0.2, 0.25) is 5.02 Å². The molecule has 1 aliphatic rings. The van der Waals surface area contributed by atoms with Crippen LogP contribution in [0.4, 0.5) is 4.39 Å². The van der Waals surface area contributed by atoms with Crippen LogP contribution in [-0.4, -0.2) is 37.9 Å². The maximum Gasteiger partial charge on any atom is 0.128 e. The number of hydrazine groups is 1.